The summed E-state index contributed by atoms with van der Waals surface area (Å²) in [6, 6.07) is 15.0. The molecule has 6 heteroatoms. The van der Waals surface area contributed by atoms with Crippen molar-refractivity contribution in [1.29, 1.82) is 0 Å². The third-order valence-electron chi connectivity index (χ3n) is 4.04. The van der Waals surface area contributed by atoms with Crippen LogP contribution < -0.4 is 20.5 Å². The fraction of sp³-hybridized carbons (Fsp3) is 0.278. The third-order valence-corrected chi connectivity index (χ3v) is 4.04. The maximum Gasteiger partial charge on any atom is 0.231 e. The van der Waals surface area contributed by atoms with Crippen LogP contribution in [0.15, 0.2) is 48.5 Å². The number of fused-ring (bicyclic) bond motifs is 1. The number of nitrogens with two attached hydrogens (primary N) is 1. The fourth-order valence-electron chi connectivity index (χ4n) is 2.53. The molecule has 0 saturated carbocycles. The Kier molecular flexibility index (Phi) is 6.06. The first-order chi connectivity index (χ1) is 11.1. The number of amides is 1. The maximum atomic E-state index is 12.3. The first-order valence-electron chi connectivity index (χ1n) is 7.62. The molecule has 128 valence electrons. The van der Waals surface area contributed by atoms with Crippen molar-refractivity contribution < 1.29 is 14.3 Å². The zero-order valence-corrected chi connectivity index (χ0v) is 14.2. The average molecular weight is 349 g/mol. The Labute approximate surface area is 147 Å². The molecule has 0 spiro atoms. The summed E-state index contributed by atoms with van der Waals surface area (Å²) in [5.74, 6) is 1.07. The van der Waals surface area contributed by atoms with Crippen LogP contribution in [0.4, 0.5) is 0 Å². The molecule has 2 unspecified atom stereocenters. The van der Waals surface area contributed by atoms with Crippen LogP contribution in [0.3, 0.4) is 0 Å². The minimum atomic E-state index is -0.326. The van der Waals surface area contributed by atoms with E-state index in [1.165, 1.54) is 0 Å². The molecule has 1 amide bonds. The van der Waals surface area contributed by atoms with Gasteiger partial charge >= 0.3 is 0 Å². The summed E-state index contributed by atoms with van der Waals surface area (Å²) in [7, 11) is 0. The number of hydrogen-bond acceptors (Lipinski definition) is 4. The molecule has 2 atom stereocenters. The second-order valence-corrected chi connectivity index (χ2v) is 5.63. The predicted molar refractivity (Wildman–Crippen MR) is 94.2 cm³/mol. The lowest BCUT2D eigenvalue weighted by molar-refractivity contribution is -0.125. The number of benzene rings is 2. The van der Waals surface area contributed by atoms with E-state index < -0.39 is 0 Å². The van der Waals surface area contributed by atoms with Gasteiger partial charge in [0.2, 0.25) is 12.7 Å². The quantitative estimate of drug-likeness (QED) is 0.871. The number of carbonyl (C=O) groups excluding carboxylic acids is 1. The van der Waals surface area contributed by atoms with Gasteiger partial charge in [-0.3, -0.25) is 4.79 Å². The smallest absolute Gasteiger partial charge is 0.231 e. The topological polar surface area (TPSA) is 73.6 Å². The van der Waals surface area contributed by atoms with Crippen LogP contribution >= 0.6 is 12.4 Å². The van der Waals surface area contributed by atoms with Gasteiger partial charge in [0.05, 0.1) is 5.92 Å². The van der Waals surface area contributed by atoms with E-state index in [1.54, 1.807) is 0 Å². The molecule has 2 aromatic rings. The van der Waals surface area contributed by atoms with E-state index >= 15 is 0 Å². The molecule has 1 aliphatic heterocycles. The molecule has 0 aromatic heterocycles. The Morgan fingerprint density at radius 1 is 1.17 bits per heavy atom. The Morgan fingerprint density at radius 2 is 1.88 bits per heavy atom. The number of hydrogen-bond donors (Lipinski definition) is 2. The Morgan fingerprint density at radius 3 is 2.62 bits per heavy atom. The normalized spacial score (nSPS) is 14.4. The Bertz CT molecular complexity index is 694. The average Bonchev–Trinajstić information content (AvgIpc) is 3.06. The van der Waals surface area contributed by atoms with E-state index in [2.05, 4.69) is 5.32 Å². The first kappa shape index (κ1) is 18.1. The fourth-order valence-corrected chi connectivity index (χ4v) is 2.53. The highest BCUT2D eigenvalue weighted by Gasteiger charge is 2.22. The highest BCUT2D eigenvalue weighted by atomic mass is 35.5. The number of ether oxygens (including phenoxy) is 2. The summed E-state index contributed by atoms with van der Waals surface area (Å²) < 4.78 is 10.6. The Hall–Kier alpha value is -2.24. The standard InChI is InChI=1S/C18H20N2O3.ClH/c1-12(17(19)14-5-3-2-4-6-14)18(21)20-10-13-7-8-15-16(9-13)23-11-22-15;/h2-9,12,17H,10-11,19H2,1H3,(H,20,21);1H. The highest BCUT2D eigenvalue weighted by Crippen LogP contribution is 2.32. The van der Waals surface area contributed by atoms with E-state index in [9.17, 15) is 4.79 Å². The third kappa shape index (κ3) is 3.99. The van der Waals surface area contributed by atoms with Crippen molar-refractivity contribution in [3.63, 3.8) is 0 Å². The van der Waals surface area contributed by atoms with E-state index in [1.807, 2.05) is 55.5 Å². The van der Waals surface area contributed by atoms with Gasteiger partial charge in [-0.2, -0.15) is 0 Å². The van der Waals surface area contributed by atoms with Gasteiger partial charge in [-0.05, 0) is 23.3 Å². The largest absolute Gasteiger partial charge is 0.454 e. The van der Waals surface area contributed by atoms with Gasteiger partial charge < -0.3 is 20.5 Å². The van der Waals surface area contributed by atoms with Gasteiger partial charge in [0.1, 0.15) is 0 Å². The molecule has 1 aliphatic rings. The minimum Gasteiger partial charge on any atom is -0.454 e. The molecule has 0 bridgehead atoms. The monoisotopic (exact) mass is 348 g/mol. The van der Waals surface area contributed by atoms with Crippen molar-refractivity contribution >= 4 is 18.3 Å². The van der Waals surface area contributed by atoms with Crippen molar-refractivity contribution in [3.05, 3.63) is 59.7 Å². The Balaban J connectivity index is 0.00000208. The molecule has 0 aliphatic carbocycles. The van der Waals surface area contributed by atoms with Crippen LogP contribution in [-0.2, 0) is 11.3 Å². The van der Waals surface area contributed by atoms with Gasteiger partial charge in [0.15, 0.2) is 11.5 Å². The molecule has 5 nitrogen and oxygen atoms in total. The van der Waals surface area contributed by atoms with Gasteiger partial charge in [-0.1, -0.05) is 43.3 Å². The summed E-state index contributed by atoms with van der Waals surface area (Å²) in [6.45, 7) is 2.52. The molecule has 3 rings (SSSR count). The van der Waals surface area contributed by atoms with Crippen molar-refractivity contribution in [1.82, 2.24) is 5.32 Å². The molecule has 2 aromatic carbocycles. The van der Waals surface area contributed by atoms with E-state index in [0.717, 1.165) is 16.9 Å². The number of carbonyl (C=O) groups is 1. The maximum absolute atomic E-state index is 12.3. The molecule has 1 heterocycles. The molecule has 24 heavy (non-hydrogen) atoms. The molecular weight excluding hydrogens is 328 g/mol. The van der Waals surface area contributed by atoms with Crippen LogP contribution in [0.5, 0.6) is 11.5 Å². The van der Waals surface area contributed by atoms with E-state index in [0.29, 0.717) is 12.3 Å². The van der Waals surface area contributed by atoms with Crippen molar-refractivity contribution in [2.24, 2.45) is 11.7 Å². The van der Waals surface area contributed by atoms with E-state index in [-0.39, 0.29) is 37.1 Å². The first-order valence-corrected chi connectivity index (χ1v) is 7.62. The summed E-state index contributed by atoms with van der Waals surface area (Å²) in [6.07, 6.45) is 0. The van der Waals surface area contributed by atoms with E-state index in [4.69, 9.17) is 15.2 Å². The minimum absolute atomic E-state index is 0. The summed E-state index contributed by atoms with van der Waals surface area (Å²) in [5, 5.41) is 2.93. The summed E-state index contributed by atoms with van der Waals surface area (Å²) >= 11 is 0. The lowest BCUT2D eigenvalue weighted by Gasteiger charge is -2.20. The van der Waals surface area contributed by atoms with Crippen molar-refractivity contribution in [3.8, 4) is 11.5 Å². The van der Waals surface area contributed by atoms with Crippen LogP contribution in [0, 0.1) is 5.92 Å². The summed E-state index contributed by atoms with van der Waals surface area (Å²) in [4.78, 5) is 12.3. The second-order valence-electron chi connectivity index (χ2n) is 5.63. The predicted octanol–water partition coefficient (Wildman–Crippen LogP) is 2.79. The number of rotatable bonds is 5. The van der Waals surface area contributed by atoms with Gasteiger partial charge in [-0.15, -0.1) is 12.4 Å². The van der Waals surface area contributed by atoms with Gasteiger partial charge in [-0.25, -0.2) is 0 Å². The lowest BCUT2D eigenvalue weighted by Crippen LogP contribution is -2.35. The zero-order chi connectivity index (χ0) is 16.2. The SMILES string of the molecule is CC(C(=O)NCc1ccc2c(c1)OCO2)C(N)c1ccccc1.Cl. The highest BCUT2D eigenvalue weighted by molar-refractivity contribution is 5.85. The molecule has 0 saturated heterocycles. The molecule has 3 N–H and O–H groups in total. The molecule has 0 fully saturated rings. The van der Waals surface area contributed by atoms with Crippen LogP contribution in [0.2, 0.25) is 0 Å². The van der Waals surface area contributed by atoms with Crippen molar-refractivity contribution in [2.45, 2.75) is 19.5 Å². The van der Waals surface area contributed by atoms with Crippen molar-refractivity contribution in [2.75, 3.05) is 6.79 Å². The zero-order valence-electron chi connectivity index (χ0n) is 13.4. The van der Waals surface area contributed by atoms with Gasteiger partial charge in [0, 0.05) is 12.6 Å². The molecule has 0 radical (unpaired) electrons. The van der Waals surface area contributed by atoms with Crippen LogP contribution in [-0.4, -0.2) is 12.7 Å². The van der Waals surface area contributed by atoms with Crippen LogP contribution in [0.25, 0.3) is 0 Å². The van der Waals surface area contributed by atoms with Crippen LogP contribution in [0.1, 0.15) is 24.1 Å². The number of nitrogens with one attached hydrogen (secondary N) is 1. The number of halogens is 1. The summed E-state index contributed by atoms with van der Waals surface area (Å²) in [5.41, 5.74) is 8.10. The second kappa shape index (κ2) is 8.04. The lowest BCUT2D eigenvalue weighted by atomic mass is 9.94. The van der Waals surface area contributed by atoms with Gasteiger partial charge in [0.25, 0.3) is 0 Å². The molecular formula is C18H21ClN2O3.